The highest BCUT2D eigenvalue weighted by molar-refractivity contribution is 5.76. The van der Waals surface area contributed by atoms with Gasteiger partial charge in [0.1, 0.15) is 47.6 Å². The van der Waals surface area contributed by atoms with Crippen molar-refractivity contribution in [3.63, 3.8) is 0 Å². The minimum atomic E-state index is -0.605. The molecule has 12 heteroatoms. The third kappa shape index (κ3) is 7.99. The Labute approximate surface area is 245 Å². The fourth-order valence-electron chi connectivity index (χ4n) is 5.02. The highest BCUT2D eigenvalue weighted by Gasteiger charge is 2.33. The molecule has 0 fully saturated rings. The van der Waals surface area contributed by atoms with Crippen LogP contribution in [0.2, 0.25) is 0 Å². The molecule has 2 rings (SSSR count). The summed E-state index contributed by atoms with van der Waals surface area (Å²) in [4.78, 5) is 24.4. The lowest BCUT2D eigenvalue weighted by molar-refractivity contribution is -0.146. The van der Waals surface area contributed by atoms with Gasteiger partial charge in [-0.25, -0.2) is 0 Å². The van der Waals surface area contributed by atoms with Crippen LogP contribution in [0.5, 0.6) is 0 Å². The third-order valence-corrected chi connectivity index (χ3v) is 7.13. The van der Waals surface area contributed by atoms with Crippen molar-refractivity contribution in [2.75, 3.05) is 27.3 Å². The molecule has 0 aliphatic heterocycles. The summed E-state index contributed by atoms with van der Waals surface area (Å²) < 4.78 is 9.70. The van der Waals surface area contributed by atoms with Gasteiger partial charge < -0.3 is 20.1 Å². The van der Waals surface area contributed by atoms with E-state index in [-0.39, 0.29) is 59.1 Å². The minimum Gasteiger partial charge on any atom is -0.469 e. The molecule has 0 aromatic heterocycles. The molecule has 2 atom stereocenters. The van der Waals surface area contributed by atoms with Crippen molar-refractivity contribution in [2.45, 2.75) is 51.4 Å². The number of methoxy groups -OCH3 is 2. The van der Waals surface area contributed by atoms with E-state index in [0.717, 1.165) is 25.7 Å². The highest BCUT2D eigenvalue weighted by Crippen LogP contribution is 2.36. The van der Waals surface area contributed by atoms with Gasteiger partial charge in [-0.05, 0) is 25.7 Å². The number of nitriles is 6. The van der Waals surface area contributed by atoms with Gasteiger partial charge >= 0.3 is 11.9 Å². The first kappa shape index (κ1) is 32.7. The van der Waals surface area contributed by atoms with Crippen LogP contribution in [0.4, 0.5) is 0 Å². The zero-order chi connectivity index (χ0) is 31.1. The third-order valence-electron chi connectivity index (χ3n) is 7.13. The van der Waals surface area contributed by atoms with E-state index in [0.29, 0.717) is 24.5 Å². The largest absolute Gasteiger partial charge is 0.469 e. The van der Waals surface area contributed by atoms with Crippen molar-refractivity contribution in [3.05, 3.63) is 44.8 Å². The predicted molar refractivity (Wildman–Crippen MR) is 146 cm³/mol. The molecule has 0 amide bonds. The second-order valence-corrected chi connectivity index (χ2v) is 9.61. The standard InChI is InChI=1S/C30H30N8O4/c1-41-29(39)19-9-23(21(13-31)14-32)25(17-35)27(11-19)37-7-5-3-4-6-8-38-28-12-20(30(40)42-2)10-24(26(28)18-36)22(15-33)16-34/h19-20,37-38H,3-12H2,1-2H3. The number of nitrogens with zero attached hydrogens (tertiary/aromatic N) is 6. The van der Waals surface area contributed by atoms with E-state index >= 15 is 0 Å². The van der Waals surface area contributed by atoms with Gasteiger partial charge in [0.25, 0.3) is 0 Å². The van der Waals surface area contributed by atoms with Gasteiger partial charge in [-0.1, -0.05) is 12.8 Å². The summed E-state index contributed by atoms with van der Waals surface area (Å²) >= 11 is 0. The van der Waals surface area contributed by atoms with Crippen molar-refractivity contribution < 1.29 is 19.1 Å². The number of nitrogens with one attached hydrogen (secondary N) is 2. The Kier molecular flexibility index (Phi) is 12.8. The quantitative estimate of drug-likeness (QED) is 0.209. The Morgan fingerprint density at radius 1 is 0.643 bits per heavy atom. The maximum atomic E-state index is 12.2. The molecule has 0 bridgehead atoms. The zero-order valence-corrected chi connectivity index (χ0v) is 23.5. The molecule has 0 spiro atoms. The van der Waals surface area contributed by atoms with Crippen molar-refractivity contribution in [2.24, 2.45) is 11.8 Å². The molecule has 214 valence electrons. The van der Waals surface area contributed by atoms with Crippen LogP contribution >= 0.6 is 0 Å². The fourth-order valence-corrected chi connectivity index (χ4v) is 5.02. The van der Waals surface area contributed by atoms with Gasteiger partial charge in [0, 0.05) is 48.5 Å². The average Bonchev–Trinajstić information content (AvgIpc) is 3.02. The van der Waals surface area contributed by atoms with Crippen LogP contribution in [-0.2, 0) is 19.1 Å². The Morgan fingerprint density at radius 3 is 1.29 bits per heavy atom. The van der Waals surface area contributed by atoms with Crippen LogP contribution in [-0.4, -0.2) is 39.2 Å². The van der Waals surface area contributed by atoms with Gasteiger partial charge in [0.05, 0.1) is 37.2 Å². The monoisotopic (exact) mass is 566 g/mol. The van der Waals surface area contributed by atoms with Gasteiger partial charge in [-0.15, -0.1) is 0 Å². The lowest BCUT2D eigenvalue weighted by atomic mass is 9.81. The van der Waals surface area contributed by atoms with Crippen molar-refractivity contribution in [1.82, 2.24) is 10.6 Å². The van der Waals surface area contributed by atoms with E-state index < -0.39 is 23.8 Å². The second-order valence-electron chi connectivity index (χ2n) is 9.61. The fraction of sp³-hybridized carbons (Fsp3) is 0.467. The number of carbonyl (C=O) groups excluding carboxylic acids is 2. The first-order valence-corrected chi connectivity index (χ1v) is 13.3. The minimum absolute atomic E-state index is 0.0835. The lowest BCUT2D eigenvalue weighted by Gasteiger charge is -2.26. The van der Waals surface area contributed by atoms with Crippen LogP contribution in [0.1, 0.15) is 51.4 Å². The van der Waals surface area contributed by atoms with Crippen molar-refractivity contribution >= 4 is 11.9 Å². The highest BCUT2D eigenvalue weighted by atomic mass is 16.5. The number of allylic oxidation sites excluding steroid dienone is 8. The number of rotatable bonds is 11. The van der Waals surface area contributed by atoms with E-state index in [2.05, 4.69) is 22.8 Å². The van der Waals surface area contributed by atoms with E-state index in [9.17, 15) is 41.2 Å². The molecule has 0 aromatic carbocycles. The van der Waals surface area contributed by atoms with Crippen LogP contribution < -0.4 is 10.6 Å². The van der Waals surface area contributed by atoms with Gasteiger partial charge in [0.15, 0.2) is 0 Å². The molecule has 2 N–H and O–H groups in total. The van der Waals surface area contributed by atoms with Gasteiger partial charge in [0.2, 0.25) is 0 Å². The molecule has 2 aliphatic carbocycles. The Bertz CT molecular complexity index is 1330. The molecule has 12 nitrogen and oxygen atoms in total. The summed E-state index contributed by atoms with van der Waals surface area (Å²) in [6.45, 7) is 1.01. The van der Waals surface area contributed by atoms with Crippen LogP contribution in [0.3, 0.4) is 0 Å². The van der Waals surface area contributed by atoms with Gasteiger partial charge in [-0.2, -0.15) is 31.6 Å². The van der Waals surface area contributed by atoms with Gasteiger partial charge in [-0.3, -0.25) is 9.59 Å². The summed E-state index contributed by atoms with van der Waals surface area (Å²) in [5.41, 5.74) is 1.53. The van der Waals surface area contributed by atoms with E-state index in [1.807, 2.05) is 0 Å². The van der Waals surface area contributed by atoms with E-state index in [1.165, 1.54) is 14.2 Å². The molecule has 0 radical (unpaired) electrons. The molecular formula is C30H30N8O4. The lowest BCUT2D eigenvalue weighted by Crippen LogP contribution is -2.29. The first-order chi connectivity index (χ1) is 20.3. The average molecular weight is 567 g/mol. The van der Waals surface area contributed by atoms with Crippen LogP contribution in [0, 0.1) is 79.8 Å². The van der Waals surface area contributed by atoms with Crippen LogP contribution in [0.25, 0.3) is 0 Å². The summed E-state index contributed by atoms with van der Waals surface area (Å²) in [7, 11) is 2.53. The second kappa shape index (κ2) is 16.5. The predicted octanol–water partition coefficient (Wildman–Crippen LogP) is 3.13. The van der Waals surface area contributed by atoms with Crippen molar-refractivity contribution in [1.29, 1.82) is 31.6 Å². The molecule has 0 saturated heterocycles. The molecular weight excluding hydrogens is 536 g/mol. The molecule has 0 aromatic rings. The maximum absolute atomic E-state index is 12.2. The normalized spacial score (nSPS) is 17.7. The number of carbonyl (C=O) groups is 2. The molecule has 2 aliphatic rings. The van der Waals surface area contributed by atoms with Crippen molar-refractivity contribution in [3.8, 4) is 36.4 Å². The Balaban J connectivity index is 1.99. The number of hydrogen-bond acceptors (Lipinski definition) is 12. The molecule has 42 heavy (non-hydrogen) atoms. The summed E-state index contributed by atoms with van der Waals surface area (Å²) in [5, 5.41) is 63.2. The number of ether oxygens (including phenoxy) is 2. The Morgan fingerprint density at radius 2 is 1.00 bits per heavy atom. The zero-order valence-electron chi connectivity index (χ0n) is 23.5. The number of hydrogen-bond donors (Lipinski definition) is 2. The van der Waals surface area contributed by atoms with E-state index in [4.69, 9.17) is 9.47 Å². The summed E-state index contributed by atoms with van der Waals surface area (Å²) in [6.07, 6.45) is 3.77. The summed E-state index contributed by atoms with van der Waals surface area (Å²) in [6, 6.07) is 11.4. The maximum Gasteiger partial charge on any atom is 0.309 e. The first-order valence-electron chi connectivity index (χ1n) is 13.3. The number of esters is 2. The summed E-state index contributed by atoms with van der Waals surface area (Å²) in [5.74, 6) is -2.16. The Hall–Kier alpha value is -5.56. The van der Waals surface area contributed by atoms with Crippen LogP contribution in [0.15, 0.2) is 44.8 Å². The molecule has 0 heterocycles. The topological polar surface area (TPSA) is 219 Å². The van der Waals surface area contributed by atoms with E-state index in [1.54, 1.807) is 24.3 Å². The smallest absolute Gasteiger partial charge is 0.309 e. The SMILES string of the molecule is COC(=O)C1CC(NCCCCCCNC2=C(C#N)C(=C(C#N)C#N)CC(C(=O)OC)C2)=C(C#N)C(=C(C#N)C#N)C1. The molecule has 2 unspecified atom stereocenters. The number of unbranched alkanes of at least 4 members (excludes halogenated alkanes) is 3. The molecule has 0 saturated carbocycles.